The topological polar surface area (TPSA) is 28.7 Å². The molecule has 1 aromatic heterocycles. The molecule has 0 amide bonds. The number of nitrogens with zero attached hydrogens (tertiary/aromatic N) is 1. The zero-order chi connectivity index (χ0) is 9.47. The van der Waals surface area contributed by atoms with Crippen LogP contribution in [0.3, 0.4) is 0 Å². The maximum atomic E-state index is 5.49. The van der Waals surface area contributed by atoms with Gasteiger partial charge in [0.25, 0.3) is 0 Å². The molecule has 0 radical (unpaired) electrons. The minimum atomic E-state index is -0.228. The van der Waals surface area contributed by atoms with E-state index >= 15 is 0 Å². The summed E-state index contributed by atoms with van der Waals surface area (Å²) in [6, 6.07) is 0. The van der Waals surface area contributed by atoms with Crippen molar-refractivity contribution in [3.63, 3.8) is 0 Å². The van der Waals surface area contributed by atoms with E-state index in [1.807, 2.05) is 13.8 Å². The molecule has 2 heteroatoms. The Morgan fingerprint density at radius 1 is 1.46 bits per heavy atom. The highest BCUT2D eigenvalue weighted by molar-refractivity contribution is 5.38. The van der Waals surface area contributed by atoms with Crippen molar-refractivity contribution in [2.75, 3.05) is 0 Å². The third-order valence-electron chi connectivity index (χ3n) is 2.76. The van der Waals surface area contributed by atoms with Crippen molar-refractivity contribution in [3.8, 4) is 12.3 Å². The van der Waals surface area contributed by atoms with Crippen molar-refractivity contribution in [2.24, 2.45) is 0 Å². The number of hydrogen-bond donors (Lipinski definition) is 1. The van der Waals surface area contributed by atoms with Crippen LogP contribution < -0.4 is 0 Å². The van der Waals surface area contributed by atoms with Crippen molar-refractivity contribution in [1.29, 1.82) is 0 Å². The highest BCUT2D eigenvalue weighted by atomic mass is 15.1. The van der Waals surface area contributed by atoms with Crippen LogP contribution in [0.25, 0.3) is 0 Å². The minimum absolute atomic E-state index is 0.228. The lowest BCUT2D eigenvalue weighted by atomic mass is 9.87. The van der Waals surface area contributed by atoms with E-state index in [2.05, 4.69) is 16.1 Å². The molecule has 13 heavy (non-hydrogen) atoms. The van der Waals surface area contributed by atoms with Crippen LogP contribution in [0.15, 0.2) is 0 Å². The molecule has 0 aliphatic heterocycles. The summed E-state index contributed by atoms with van der Waals surface area (Å²) in [6.07, 6.45) is 8.98. The van der Waals surface area contributed by atoms with E-state index in [9.17, 15) is 0 Å². The van der Waals surface area contributed by atoms with Gasteiger partial charge in [-0.05, 0) is 38.7 Å². The molecule has 0 bridgehead atoms. The Kier molecular flexibility index (Phi) is 1.69. The molecule has 1 N–H and O–H groups in total. The van der Waals surface area contributed by atoms with Crippen molar-refractivity contribution in [2.45, 2.75) is 38.5 Å². The molecule has 68 valence electrons. The largest absolute Gasteiger partial charge is 0.282 e. The average molecular weight is 174 g/mol. The van der Waals surface area contributed by atoms with Gasteiger partial charge in [-0.1, -0.05) is 5.92 Å². The lowest BCUT2D eigenvalue weighted by Gasteiger charge is -2.15. The predicted molar refractivity (Wildman–Crippen MR) is 52.5 cm³/mol. The number of aromatic nitrogens is 2. The Balaban J connectivity index is 2.49. The van der Waals surface area contributed by atoms with Crippen LogP contribution in [0.5, 0.6) is 0 Å². The van der Waals surface area contributed by atoms with Gasteiger partial charge in [0.15, 0.2) is 0 Å². The van der Waals surface area contributed by atoms with Crippen molar-refractivity contribution >= 4 is 0 Å². The Hall–Kier alpha value is -1.23. The first kappa shape index (κ1) is 8.37. The number of fused-ring (bicyclic) bond motifs is 1. The molecule has 2 nitrogen and oxygen atoms in total. The fraction of sp³-hybridized carbons (Fsp3) is 0.545. The van der Waals surface area contributed by atoms with Gasteiger partial charge < -0.3 is 0 Å². The maximum absolute atomic E-state index is 5.49. The molecule has 0 fully saturated rings. The second-order valence-electron chi connectivity index (χ2n) is 4.15. The Morgan fingerprint density at radius 2 is 2.23 bits per heavy atom. The molecule has 1 aliphatic carbocycles. The van der Waals surface area contributed by atoms with Crippen LogP contribution in [0.1, 0.15) is 37.2 Å². The first-order chi connectivity index (χ1) is 6.15. The van der Waals surface area contributed by atoms with Crippen LogP contribution in [0.2, 0.25) is 0 Å². The molecular formula is C11H14N2. The summed E-state index contributed by atoms with van der Waals surface area (Å²) in [5.74, 6) is 2.79. The second kappa shape index (κ2) is 2.63. The third kappa shape index (κ3) is 1.16. The summed E-state index contributed by atoms with van der Waals surface area (Å²) < 4.78 is 0. The van der Waals surface area contributed by atoms with Crippen LogP contribution >= 0.6 is 0 Å². The number of aryl methyl sites for hydroxylation is 1. The summed E-state index contributed by atoms with van der Waals surface area (Å²) in [5.41, 5.74) is 3.50. The minimum Gasteiger partial charge on any atom is -0.282 e. The van der Waals surface area contributed by atoms with Crippen LogP contribution in [0.4, 0.5) is 0 Å². The molecule has 0 spiro atoms. The molecule has 1 aromatic rings. The number of rotatable bonds is 1. The summed E-state index contributed by atoms with van der Waals surface area (Å²) >= 11 is 0. The van der Waals surface area contributed by atoms with Gasteiger partial charge in [0, 0.05) is 5.69 Å². The average Bonchev–Trinajstić information content (AvgIpc) is 2.62. The van der Waals surface area contributed by atoms with E-state index in [0.717, 1.165) is 18.5 Å². The van der Waals surface area contributed by atoms with Gasteiger partial charge >= 0.3 is 0 Å². The third-order valence-corrected chi connectivity index (χ3v) is 2.76. The number of aromatic amines is 1. The van der Waals surface area contributed by atoms with Crippen LogP contribution in [-0.2, 0) is 18.3 Å². The Labute approximate surface area is 78.7 Å². The fourth-order valence-corrected chi connectivity index (χ4v) is 1.90. The van der Waals surface area contributed by atoms with E-state index in [0.29, 0.717) is 0 Å². The molecular weight excluding hydrogens is 160 g/mol. The van der Waals surface area contributed by atoms with Gasteiger partial charge in [-0.2, -0.15) is 5.10 Å². The standard InChI is InChI=1S/C11H14N2/c1-4-11(2,3)10-8-6-5-7-9(8)12-13-10/h1H,5-7H2,2-3H3,(H,12,13). The van der Waals surface area contributed by atoms with E-state index in [4.69, 9.17) is 6.42 Å². The van der Waals surface area contributed by atoms with Crippen molar-refractivity contribution in [1.82, 2.24) is 10.2 Å². The predicted octanol–water partition coefficient (Wildman–Crippen LogP) is 1.81. The smallest absolute Gasteiger partial charge is 0.0832 e. The highest BCUT2D eigenvalue weighted by Crippen LogP contribution is 2.30. The molecule has 2 rings (SSSR count). The van der Waals surface area contributed by atoms with Gasteiger partial charge in [-0.25, -0.2) is 0 Å². The quantitative estimate of drug-likeness (QED) is 0.646. The molecule has 0 saturated heterocycles. The molecule has 0 unspecified atom stereocenters. The zero-order valence-corrected chi connectivity index (χ0v) is 8.15. The first-order valence-electron chi connectivity index (χ1n) is 4.69. The fourth-order valence-electron chi connectivity index (χ4n) is 1.90. The lowest BCUT2D eigenvalue weighted by Crippen LogP contribution is -2.16. The molecule has 0 saturated carbocycles. The molecule has 0 aromatic carbocycles. The van der Waals surface area contributed by atoms with Crippen molar-refractivity contribution in [3.05, 3.63) is 17.0 Å². The normalized spacial score (nSPS) is 15.5. The number of hydrogen-bond acceptors (Lipinski definition) is 1. The Morgan fingerprint density at radius 3 is 2.92 bits per heavy atom. The second-order valence-corrected chi connectivity index (χ2v) is 4.15. The highest BCUT2D eigenvalue weighted by Gasteiger charge is 2.28. The van der Waals surface area contributed by atoms with Gasteiger partial charge in [0.05, 0.1) is 11.1 Å². The Bertz CT molecular complexity index is 366. The van der Waals surface area contributed by atoms with Gasteiger partial charge in [-0.15, -0.1) is 6.42 Å². The van der Waals surface area contributed by atoms with E-state index in [1.165, 1.54) is 17.7 Å². The number of terminal acetylenes is 1. The number of H-pyrrole nitrogens is 1. The van der Waals surface area contributed by atoms with Gasteiger partial charge in [-0.3, -0.25) is 5.10 Å². The summed E-state index contributed by atoms with van der Waals surface area (Å²) in [6.45, 7) is 4.09. The monoisotopic (exact) mass is 174 g/mol. The van der Waals surface area contributed by atoms with Crippen LogP contribution in [0, 0.1) is 12.3 Å². The van der Waals surface area contributed by atoms with Gasteiger partial charge in [0.1, 0.15) is 0 Å². The van der Waals surface area contributed by atoms with E-state index < -0.39 is 0 Å². The molecule has 1 aliphatic rings. The van der Waals surface area contributed by atoms with Crippen molar-refractivity contribution < 1.29 is 0 Å². The van der Waals surface area contributed by atoms with E-state index in [1.54, 1.807) is 0 Å². The molecule has 1 heterocycles. The summed E-state index contributed by atoms with van der Waals surface area (Å²) in [5, 5.41) is 7.39. The van der Waals surface area contributed by atoms with Gasteiger partial charge in [0.2, 0.25) is 0 Å². The lowest BCUT2D eigenvalue weighted by molar-refractivity contribution is 0.653. The maximum Gasteiger partial charge on any atom is 0.0832 e. The van der Waals surface area contributed by atoms with Crippen LogP contribution in [-0.4, -0.2) is 10.2 Å². The number of nitrogens with one attached hydrogen (secondary N) is 1. The SMILES string of the molecule is C#CC(C)(C)c1n[nH]c2c1CCC2. The zero-order valence-electron chi connectivity index (χ0n) is 8.15. The summed E-state index contributed by atoms with van der Waals surface area (Å²) in [7, 11) is 0. The summed E-state index contributed by atoms with van der Waals surface area (Å²) in [4.78, 5) is 0. The first-order valence-corrected chi connectivity index (χ1v) is 4.69. The van der Waals surface area contributed by atoms with E-state index in [-0.39, 0.29) is 5.41 Å². The molecule has 0 atom stereocenters.